The van der Waals surface area contributed by atoms with E-state index in [4.69, 9.17) is 0 Å². The maximum Gasteiger partial charge on any atom is 0.306 e. The number of esters is 1. The van der Waals surface area contributed by atoms with Crippen LogP contribution in [0.3, 0.4) is 0 Å². The van der Waals surface area contributed by atoms with E-state index in [1.807, 2.05) is 13.8 Å². The summed E-state index contributed by atoms with van der Waals surface area (Å²) < 4.78 is 4.56. The van der Waals surface area contributed by atoms with Crippen molar-refractivity contribution >= 4 is 11.9 Å². The van der Waals surface area contributed by atoms with Crippen molar-refractivity contribution in [2.75, 3.05) is 33.3 Å². The Morgan fingerprint density at radius 2 is 1.81 bits per heavy atom. The highest BCUT2D eigenvalue weighted by atomic mass is 16.5. The molecule has 0 unspecified atom stereocenters. The van der Waals surface area contributed by atoms with Gasteiger partial charge in [-0.15, -0.1) is 0 Å². The molecule has 1 N–H and O–H groups in total. The molecular weight excluding hydrogens is 208 g/mol. The van der Waals surface area contributed by atoms with E-state index in [1.165, 1.54) is 7.11 Å². The number of nitrogens with one attached hydrogen (secondary N) is 1. The van der Waals surface area contributed by atoms with Crippen molar-refractivity contribution in [2.45, 2.75) is 26.7 Å². The van der Waals surface area contributed by atoms with Gasteiger partial charge in [0.05, 0.1) is 13.5 Å². The lowest BCUT2D eigenvalue weighted by molar-refractivity contribution is -0.140. The highest BCUT2D eigenvalue weighted by Crippen LogP contribution is 1.95. The topological polar surface area (TPSA) is 58.6 Å². The predicted molar refractivity (Wildman–Crippen MR) is 62.0 cm³/mol. The van der Waals surface area contributed by atoms with Gasteiger partial charge in [-0.1, -0.05) is 6.92 Å². The van der Waals surface area contributed by atoms with Crippen LogP contribution in [0.1, 0.15) is 26.7 Å². The van der Waals surface area contributed by atoms with Crippen LogP contribution in [-0.4, -0.2) is 50.1 Å². The maximum absolute atomic E-state index is 11.2. The summed E-state index contributed by atoms with van der Waals surface area (Å²) in [4.78, 5) is 24.2. The van der Waals surface area contributed by atoms with Gasteiger partial charge < -0.3 is 15.0 Å². The van der Waals surface area contributed by atoms with Crippen LogP contribution in [0.2, 0.25) is 0 Å². The second kappa shape index (κ2) is 9.15. The number of amides is 1. The lowest BCUT2D eigenvalue weighted by atomic mass is 10.3. The zero-order valence-electron chi connectivity index (χ0n) is 10.4. The van der Waals surface area contributed by atoms with Crippen molar-refractivity contribution in [3.05, 3.63) is 0 Å². The van der Waals surface area contributed by atoms with Gasteiger partial charge in [0, 0.05) is 26.1 Å². The minimum absolute atomic E-state index is 0.0546. The molecule has 5 heteroatoms. The first-order valence-corrected chi connectivity index (χ1v) is 5.69. The summed E-state index contributed by atoms with van der Waals surface area (Å²) in [6.07, 6.45) is 0.850. The standard InChI is InChI=1S/C11H22N2O3/c1-4-12-10(14)6-8-13(5-2)9-7-11(15)16-3/h4-9H2,1-3H3,(H,12,14). The van der Waals surface area contributed by atoms with E-state index >= 15 is 0 Å². The van der Waals surface area contributed by atoms with Gasteiger partial charge in [0.25, 0.3) is 0 Å². The van der Waals surface area contributed by atoms with Gasteiger partial charge >= 0.3 is 5.97 Å². The first-order chi connectivity index (χ1) is 7.63. The number of hydrogen-bond acceptors (Lipinski definition) is 4. The fourth-order valence-electron chi connectivity index (χ4n) is 1.32. The van der Waals surface area contributed by atoms with Crippen LogP contribution in [0.15, 0.2) is 0 Å². The van der Waals surface area contributed by atoms with Crippen molar-refractivity contribution in [2.24, 2.45) is 0 Å². The number of ether oxygens (including phenoxy) is 1. The molecule has 1 amide bonds. The summed E-state index contributed by atoms with van der Waals surface area (Å²) in [5.74, 6) is -0.157. The van der Waals surface area contributed by atoms with Crippen LogP contribution < -0.4 is 5.32 Å². The minimum Gasteiger partial charge on any atom is -0.469 e. The van der Waals surface area contributed by atoms with Crippen molar-refractivity contribution in [1.29, 1.82) is 0 Å². The molecule has 0 rings (SSSR count). The fraction of sp³-hybridized carbons (Fsp3) is 0.818. The number of hydrogen-bond donors (Lipinski definition) is 1. The number of nitrogens with zero attached hydrogens (tertiary/aromatic N) is 1. The average molecular weight is 230 g/mol. The summed E-state index contributed by atoms with van der Waals surface area (Å²) in [5, 5.41) is 2.74. The van der Waals surface area contributed by atoms with E-state index in [2.05, 4.69) is 15.0 Å². The van der Waals surface area contributed by atoms with Crippen LogP contribution in [0.4, 0.5) is 0 Å². The Kier molecular flexibility index (Phi) is 8.52. The zero-order valence-corrected chi connectivity index (χ0v) is 10.4. The molecule has 0 aliphatic carbocycles. The van der Waals surface area contributed by atoms with E-state index < -0.39 is 0 Å². The Hall–Kier alpha value is -1.10. The molecule has 0 aliphatic rings. The molecule has 0 aromatic rings. The van der Waals surface area contributed by atoms with Crippen molar-refractivity contribution in [3.8, 4) is 0 Å². The van der Waals surface area contributed by atoms with Crippen LogP contribution >= 0.6 is 0 Å². The molecule has 0 spiro atoms. The second-order valence-corrected chi connectivity index (χ2v) is 3.46. The third-order valence-electron chi connectivity index (χ3n) is 2.34. The average Bonchev–Trinajstić information content (AvgIpc) is 2.29. The van der Waals surface area contributed by atoms with Crippen molar-refractivity contribution in [3.63, 3.8) is 0 Å². The molecule has 0 atom stereocenters. The lowest BCUT2D eigenvalue weighted by Gasteiger charge is -2.19. The predicted octanol–water partition coefficient (Wildman–Crippen LogP) is 0.398. The van der Waals surface area contributed by atoms with Gasteiger partial charge in [-0.25, -0.2) is 0 Å². The Morgan fingerprint density at radius 1 is 1.19 bits per heavy atom. The Morgan fingerprint density at radius 3 is 2.31 bits per heavy atom. The number of methoxy groups -OCH3 is 1. The molecule has 0 bridgehead atoms. The Bertz CT molecular complexity index is 219. The van der Waals surface area contributed by atoms with Gasteiger partial charge in [0.1, 0.15) is 0 Å². The van der Waals surface area contributed by atoms with Crippen molar-refractivity contribution < 1.29 is 14.3 Å². The molecule has 0 fully saturated rings. The lowest BCUT2D eigenvalue weighted by Crippen LogP contribution is -2.32. The molecule has 16 heavy (non-hydrogen) atoms. The molecule has 0 aromatic carbocycles. The first-order valence-electron chi connectivity index (χ1n) is 5.69. The largest absolute Gasteiger partial charge is 0.469 e. The number of rotatable bonds is 8. The molecular formula is C11H22N2O3. The number of carbonyl (C=O) groups excluding carboxylic acids is 2. The van der Waals surface area contributed by atoms with E-state index in [1.54, 1.807) is 0 Å². The quantitative estimate of drug-likeness (QED) is 0.613. The third kappa shape index (κ3) is 7.23. The molecule has 0 heterocycles. The second-order valence-electron chi connectivity index (χ2n) is 3.46. The van der Waals surface area contributed by atoms with Crippen LogP contribution in [-0.2, 0) is 14.3 Å². The summed E-state index contributed by atoms with van der Waals surface area (Å²) in [6.45, 7) is 6.72. The smallest absolute Gasteiger partial charge is 0.306 e. The zero-order chi connectivity index (χ0) is 12.4. The monoisotopic (exact) mass is 230 g/mol. The molecule has 5 nitrogen and oxygen atoms in total. The van der Waals surface area contributed by atoms with Gasteiger partial charge in [-0.2, -0.15) is 0 Å². The Labute approximate surface area is 97.1 Å². The van der Waals surface area contributed by atoms with Crippen LogP contribution in [0, 0.1) is 0 Å². The first kappa shape index (κ1) is 14.9. The molecule has 94 valence electrons. The normalized spacial score (nSPS) is 10.2. The highest BCUT2D eigenvalue weighted by molar-refractivity contribution is 5.76. The number of carbonyl (C=O) groups is 2. The Balaban J connectivity index is 3.74. The fourth-order valence-corrected chi connectivity index (χ4v) is 1.32. The van der Waals surface area contributed by atoms with Gasteiger partial charge in [-0.05, 0) is 13.5 Å². The molecule has 0 radical (unpaired) electrons. The maximum atomic E-state index is 11.2. The summed E-state index contributed by atoms with van der Waals surface area (Å²) in [5.41, 5.74) is 0. The van der Waals surface area contributed by atoms with Crippen LogP contribution in [0.5, 0.6) is 0 Å². The molecule has 0 saturated carbocycles. The van der Waals surface area contributed by atoms with E-state index in [-0.39, 0.29) is 11.9 Å². The molecule has 0 aliphatic heterocycles. The summed E-state index contributed by atoms with van der Waals surface area (Å²) in [6, 6.07) is 0. The van der Waals surface area contributed by atoms with Gasteiger partial charge in [0.15, 0.2) is 0 Å². The van der Waals surface area contributed by atoms with E-state index in [9.17, 15) is 9.59 Å². The van der Waals surface area contributed by atoms with Gasteiger partial charge in [-0.3, -0.25) is 9.59 Å². The van der Waals surface area contributed by atoms with Crippen molar-refractivity contribution in [1.82, 2.24) is 10.2 Å². The molecule has 0 aromatic heterocycles. The van der Waals surface area contributed by atoms with E-state index in [0.29, 0.717) is 32.5 Å². The SMILES string of the molecule is CCNC(=O)CCN(CC)CCC(=O)OC. The summed E-state index contributed by atoms with van der Waals surface area (Å²) in [7, 11) is 1.38. The highest BCUT2D eigenvalue weighted by Gasteiger charge is 2.08. The van der Waals surface area contributed by atoms with E-state index in [0.717, 1.165) is 6.54 Å². The summed E-state index contributed by atoms with van der Waals surface area (Å²) >= 11 is 0. The third-order valence-corrected chi connectivity index (χ3v) is 2.34. The minimum atomic E-state index is -0.212. The van der Waals surface area contributed by atoms with Gasteiger partial charge in [0.2, 0.25) is 5.91 Å². The van der Waals surface area contributed by atoms with Crippen LogP contribution in [0.25, 0.3) is 0 Å². The molecule has 0 saturated heterocycles.